The van der Waals surface area contributed by atoms with E-state index in [1.165, 1.54) is 19.2 Å². The van der Waals surface area contributed by atoms with Crippen molar-refractivity contribution in [3.8, 4) is 0 Å². The summed E-state index contributed by atoms with van der Waals surface area (Å²) in [6, 6.07) is 4.74. The SMILES string of the molecule is CCN[C@H](C)CNC(=O)c1ccc2c(c1)C(=O)N(C)C2=O.Cl. The second kappa shape index (κ2) is 7.38. The van der Waals surface area contributed by atoms with E-state index in [0.717, 1.165) is 11.4 Å². The smallest absolute Gasteiger partial charge is 0.261 e. The summed E-state index contributed by atoms with van der Waals surface area (Å²) < 4.78 is 0. The molecule has 0 saturated carbocycles. The third kappa shape index (κ3) is 3.45. The van der Waals surface area contributed by atoms with E-state index < -0.39 is 0 Å². The summed E-state index contributed by atoms with van der Waals surface area (Å²) in [6.45, 7) is 5.30. The highest BCUT2D eigenvalue weighted by Gasteiger charge is 2.33. The van der Waals surface area contributed by atoms with Gasteiger partial charge in [-0.15, -0.1) is 12.4 Å². The normalized spacial score (nSPS) is 14.4. The molecule has 2 rings (SSSR count). The highest BCUT2D eigenvalue weighted by Crippen LogP contribution is 2.22. The van der Waals surface area contributed by atoms with Crippen molar-refractivity contribution in [1.29, 1.82) is 0 Å². The first-order valence-electron chi connectivity index (χ1n) is 6.93. The van der Waals surface area contributed by atoms with Gasteiger partial charge in [0, 0.05) is 25.2 Å². The zero-order chi connectivity index (χ0) is 15.6. The summed E-state index contributed by atoms with van der Waals surface area (Å²) in [5.74, 6) is -0.953. The van der Waals surface area contributed by atoms with Crippen LogP contribution in [0.3, 0.4) is 0 Å². The third-order valence-corrected chi connectivity index (χ3v) is 3.47. The van der Waals surface area contributed by atoms with Crippen LogP contribution in [-0.4, -0.2) is 48.8 Å². The number of carbonyl (C=O) groups is 3. The molecule has 0 aliphatic carbocycles. The van der Waals surface area contributed by atoms with Crippen LogP contribution >= 0.6 is 12.4 Å². The molecule has 22 heavy (non-hydrogen) atoms. The number of rotatable bonds is 5. The lowest BCUT2D eigenvalue weighted by molar-refractivity contribution is 0.0693. The van der Waals surface area contributed by atoms with E-state index >= 15 is 0 Å². The molecule has 1 aromatic carbocycles. The molecule has 6 nitrogen and oxygen atoms in total. The summed E-state index contributed by atoms with van der Waals surface area (Å²) in [6.07, 6.45) is 0. The van der Waals surface area contributed by atoms with Crippen LogP contribution in [0.1, 0.15) is 44.9 Å². The molecule has 1 aliphatic rings. The maximum absolute atomic E-state index is 12.1. The van der Waals surface area contributed by atoms with Gasteiger partial charge in [0.25, 0.3) is 17.7 Å². The fourth-order valence-corrected chi connectivity index (χ4v) is 2.27. The Balaban J connectivity index is 0.00000242. The Morgan fingerprint density at radius 2 is 1.86 bits per heavy atom. The molecule has 1 aromatic rings. The zero-order valence-electron chi connectivity index (χ0n) is 12.8. The molecule has 7 heteroatoms. The number of imide groups is 1. The largest absolute Gasteiger partial charge is 0.350 e. The van der Waals surface area contributed by atoms with Crippen molar-refractivity contribution in [3.05, 3.63) is 34.9 Å². The quantitative estimate of drug-likeness (QED) is 0.794. The van der Waals surface area contributed by atoms with Crippen molar-refractivity contribution in [2.45, 2.75) is 19.9 Å². The number of nitrogens with one attached hydrogen (secondary N) is 2. The standard InChI is InChI=1S/C15H19N3O3.ClH/c1-4-16-9(2)8-17-13(19)10-5-6-11-12(7-10)15(21)18(3)14(11)20;/h5-7,9,16H,4,8H2,1-3H3,(H,17,19);1H/t9-;/m1./s1. The highest BCUT2D eigenvalue weighted by molar-refractivity contribution is 6.21. The van der Waals surface area contributed by atoms with Crippen molar-refractivity contribution >= 4 is 30.1 Å². The Kier molecular flexibility index (Phi) is 6.08. The first-order valence-corrected chi connectivity index (χ1v) is 6.93. The van der Waals surface area contributed by atoms with Crippen molar-refractivity contribution in [2.24, 2.45) is 0 Å². The second-order valence-corrected chi connectivity index (χ2v) is 5.10. The fraction of sp³-hybridized carbons (Fsp3) is 0.400. The number of carbonyl (C=O) groups excluding carboxylic acids is 3. The van der Waals surface area contributed by atoms with Gasteiger partial charge in [-0.3, -0.25) is 19.3 Å². The summed E-state index contributed by atoms with van der Waals surface area (Å²) in [7, 11) is 1.43. The molecule has 0 bridgehead atoms. The molecule has 0 radical (unpaired) electrons. The average Bonchev–Trinajstić information content (AvgIpc) is 2.69. The van der Waals surface area contributed by atoms with Crippen molar-refractivity contribution in [2.75, 3.05) is 20.1 Å². The Hall–Kier alpha value is -1.92. The summed E-state index contributed by atoms with van der Waals surface area (Å²) in [5, 5.41) is 5.99. The van der Waals surface area contributed by atoms with Crippen LogP contribution in [0, 0.1) is 0 Å². The molecule has 1 heterocycles. The van der Waals surface area contributed by atoms with Crippen LogP contribution in [-0.2, 0) is 0 Å². The van der Waals surface area contributed by atoms with Crippen LogP contribution < -0.4 is 10.6 Å². The van der Waals surface area contributed by atoms with Gasteiger partial charge in [0.1, 0.15) is 0 Å². The molecular weight excluding hydrogens is 306 g/mol. The van der Waals surface area contributed by atoms with Gasteiger partial charge in [-0.1, -0.05) is 6.92 Å². The summed E-state index contributed by atoms with van der Waals surface area (Å²) in [4.78, 5) is 36.8. The van der Waals surface area contributed by atoms with Crippen LogP contribution in [0.15, 0.2) is 18.2 Å². The van der Waals surface area contributed by atoms with E-state index in [1.54, 1.807) is 6.07 Å². The van der Waals surface area contributed by atoms with Crippen molar-refractivity contribution < 1.29 is 14.4 Å². The molecule has 2 N–H and O–H groups in total. The molecule has 120 valence electrons. The van der Waals surface area contributed by atoms with E-state index in [1.807, 2.05) is 13.8 Å². The predicted octanol–water partition coefficient (Wildman–Crippen LogP) is 1.06. The van der Waals surface area contributed by atoms with Gasteiger partial charge in [-0.2, -0.15) is 0 Å². The molecule has 1 atom stereocenters. The summed E-state index contributed by atoms with van der Waals surface area (Å²) in [5.41, 5.74) is 1.02. The molecule has 0 saturated heterocycles. The van der Waals surface area contributed by atoms with Gasteiger partial charge in [0.05, 0.1) is 11.1 Å². The maximum atomic E-state index is 12.1. The minimum Gasteiger partial charge on any atom is -0.350 e. The molecular formula is C15H20ClN3O3. The van der Waals surface area contributed by atoms with Crippen molar-refractivity contribution in [1.82, 2.24) is 15.5 Å². The average molecular weight is 326 g/mol. The van der Waals surface area contributed by atoms with Crippen LogP contribution in [0.25, 0.3) is 0 Å². The number of hydrogen-bond acceptors (Lipinski definition) is 4. The minimum absolute atomic E-state index is 0. The molecule has 1 aliphatic heterocycles. The molecule has 0 spiro atoms. The van der Waals surface area contributed by atoms with E-state index in [-0.39, 0.29) is 41.7 Å². The Labute approximate surface area is 135 Å². The lowest BCUT2D eigenvalue weighted by Crippen LogP contribution is -2.38. The van der Waals surface area contributed by atoms with Crippen LogP contribution in [0.2, 0.25) is 0 Å². The number of fused-ring (bicyclic) bond motifs is 1. The first-order chi connectivity index (χ1) is 9.95. The number of nitrogens with zero attached hydrogens (tertiary/aromatic N) is 1. The lowest BCUT2D eigenvalue weighted by atomic mass is 10.1. The fourth-order valence-electron chi connectivity index (χ4n) is 2.27. The predicted molar refractivity (Wildman–Crippen MR) is 85.6 cm³/mol. The molecule has 0 unspecified atom stereocenters. The second-order valence-electron chi connectivity index (χ2n) is 5.10. The van der Waals surface area contributed by atoms with Gasteiger partial charge < -0.3 is 10.6 Å². The van der Waals surface area contributed by atoms with Crippen LogP contribution in [0.5, 0.6) is 0 Å². The van der Waals surface area contributed by atoms with Gasteiger partial charge in [-0.25, -0.2) is 0 Å². The van der Waals surface area contributed by atoms with Crippen molar-refractivity contribution in [3.63, 3.8) is 0 Å². The third-order valence-electron chi connectivity index (χ3n) is 3.47. The van der Waals surface area contributed by atoms with E-state index in [4.69, 9.17) is 0 Å². The van der Waals surface area contributed by atoms with E-state index in [0.29, 0.717) is 17.7 Å². The van der Waals surface area contributed by atoms with Gasteiger partial charge in [-0.05, 0) is 31.7 Å². The number of halogens is 1. The zero-order valence-corrected chi connectivity index (χ0v) is 13.6. The Bertz CT molecular complexity index is 604. The van der Waals surface area contributed by atoms with Crippen LogP contribution in [0.4, 0.5) is 0 Å². The van der Waals surface area contributed by atoms with E-state index in [9.17, 15) is 14.4 Å². The Morgan fingerprint density at radius 1 is 1.23 bits per heavy atom. The molecule has 0 fully saturated rings. The molecule has 3 amide bonds. The number of hydrogen-bond donors (Lipinski definition) is 2. The van der Waals surface area contributed by atoms with Gasteiger partial charge >= 0.3 is 0 Å². The van der Waals surface area contributed by atoms with Gasteiger partial charge in [0.2, 0.25) is 0 Å². The first kappa shape index (κ1) is 18.1. The molecule has 0 aromatic heterocycles. The minimum atomic E-state index is -0.370. The maximum Gasteiger partial charge on any atom is 0.261 e. The Morgan fingerprint density at radius 3 is 2.50 bits per heavy atom. The topological polar surface area (TPSA) is 78.5 Å². The monoisotopic (exact) mass is 325 g/mol. The number of benzene rings is 1. The van der Waals surface area contributed by atoms with Gasteiger partial charge in [0.15, 0.2) is 0 Å². The number of amides is 3. The summed E-state index contributed by atoms with van der Waals surface area (Å²) >= 11 is 0. The number of likely N-dealkylation sites (N-methyl/N-ethyl adjacent to an activating group) is 1. The van der Waals surface area contributed by atoms with E-state index in [2.05, 4.69) is 10.6 Å². The highest BCUT2D eigenvalue weighted by atomic mass is 35.5. The lowest BCUT2D eigenvalue weighted by Gasteiger charge is -2.13.